The lowest BCUT2D eigenvalue weighted by Crippen LogP contribution is -2.43. The minimum atomic E-state index is -0.479. The fourth-order valence-corrected chi connectivity index (χ4v) is 3.71. The first-order valence-electron chi connectivity index (χ1n) is 9.62. The summed E-state index contributed by atoms with van der Waals surface area (Å²) in [6.45, 7) is 1.80. The van der Waals surface area contributed by atoms with Crippen molar-refractivity contribution in [1.82, 2.24) is 14.5 Å². The molecule has 1 aromatic heterocycles. The van der Waals surface area contributed by atoms with Gasteiger partial charge >= 0.3 is 0 Å². The van der Waals surface area contributed by atoms with Crippen LogP contribution in [0.2, 0.25) is 0 Å². The second kappa shape index (κ2) is 7.71. The van der Waals surface area contributed by atoms with Crippen LogP contribution < -0.4 is 10.6 Å². The number of fused-ring (bicyclic) bond motifs is 1. The Labute approximate surface area is 162 Å². The zero-order valence-electron chi connectivity index (χ0n) is 15.7. The van der Waals surface area contributed by atoms with Gasteiger partial charge in [-0.25, -0.2) is 9.37 Å². The molecule has 148 valence electrons. The van der Waals surface area contributed by atoms with Gasteiger partial charge in [-0.2, -0.15) is 0 Å². The number of carbonyl (C=O) groups excluding carboxylic acids is 2. The third kappa shape index (κ3) is 4.06. The van der Waals surface area contributed by atoms with Crippen LogP contribution in [0.4, 0.5) is 10.1 Å². The van der Waals surface area contributed by atoms with Crippen molar-refractivity contribution in [2.24, 2.45) is 5.73 Å². The van der Waals surface area contributed by atoms with Crippen LogP contribution in [0.15, 0.2) is 30.6 Å². The number of aromatic nitrogens is 2. The molecule has 2 heterocycles. The highest BCUT2D eigenvalue weighted by Gasteiger charge is 2.30. The number of benzene rings is 1. The smallest absolute Gasteiger partial charge is 0.241 e. The maximum atomic E-state index is 13.2. The number of carbonyl (C=O) groups is 2. The molecule has 0 radical (unpaired) electrons. The average molecular weight is 385 g/mol. The molecule has 2 aliphatic rings. The molecule has 1 saturated carbocycles. The molecular weight excluding hydrogens is 361 g/mol. The van der Waals surface area contributed by atoms with E-state index in [1.165, 1.54) is 35.6 Å². The SMILES string of the molecule is NC(=O)CCN(C(=O)CN1CCc2c(ncn2C2CC2)C1)c1ccc(F)cc1. The molecule has 28 heavy (non-hydrogen) atoms. The van der Waals surface area contributed by atoms with Gasteiger partial charge in [-0.1, -0.05) is 0 Å². The molecule has 8 heteroatoms. The quantitative estimate of drug-likeness (QED) is 0.785. The first-order chi connectivity index (χ1) is 13.5. The number of nitrogens with two attached hydrogens (primary N) is 1. The number of halogens is 1. The van der Waals surface area contributed by atoms with E-state index in [2.05, 4.69) is 14.5 Å². The number of anilines is 1. The number of primary amides is 1. The van der Waals surface area contributed by atoms with E-state index in [9.17, 15) is 14.0 Å². The monoisotopic (exact) mass is 385 g/mol. The topological polar surface area (TPSA) is 84.5 Å². The summed E-state index contributed by atoms with van der Waals surface area (Å²) >= 11 is 0. The van der Waals surface area contributed by atoms with Crippen LogP contribution in [0.1, 0.15) is 36.7 Å². The number of amides is 2. The molecular formula is C20H24FN5O2. The summed E-state index contributed by atoms with van der Waals surface area (Å²) < 4.78 is 15.5. The summed E-state index contributed by atoms with van der Waals surface area (Å²) in [5.74, 6) is -0.994. The number of nitrogens with zero attached hydrogens (tertiary/aromatic N) is 4. The lowest BCUT2D eigenvalue weighted by atomic mass is 10.1. The van der Waals surface area contributed by atoms with Crippen molar-refractivity contribution < 1.29 is 14.0 Å². The van der Waals surface area contributed by atoms with E-state index < -0.39 is 5.91 Å². The van der Waals surface area contributed by atoms with Crippen LogP contribution in [0.3, 0.4) is 0 Å². The first-order valence-corrected chi connectivity index (χ1v) is 9.62. The van der Waals surface area contributed by atoms with Crippen LogP contribution in [0, 0.1) is 5.82 Å². The Morgan fingerprint density at radius 3 is 2.68 bits per heavy atom. The summed E-state index contributed by atoms with van der Waals surface area (Å²) in [6.07, 6.45) is 5.29. The molecule has 0 spiro atoms. The molecule has 1 fully saturated rings. The van der Waals surface area contributed by atoms with Gasteiger partial charge in [-0.15, -0.1) is 0 Å². The fraction of sp³-hybridized carbons (Fsp3) is 0.450. The number of hydrogen-bond donors (Lipinski definition) is 1. The van der Waals surface area contributed by atoms with Gasteiger partial charge in [-0.05, 0) is 37.1 Å². The molecule has 1 aliphatic carbocycles. The van der Waals surface area contributed by atoms with Gasteiger partial charge in [0.1, 0.15) is 5.82 Å². The third-order valence-electron chi connectivity index (χ3n) is 5.34. The summed E-state index contributed by atoms with van der Waals surface area (Å²) in [4.78, 5) is 32.3. The summed E-state index contributed by atoms with van der Waals surface area (Å²) in [7, 11) is 0. The van der Waals surface area contributed by atoms with Crippen molar-refractivity contribution in [2.75, 3.05) is 24.5 Å². The lowest BCUT2D eigenvalue weighted by Gasteiger charge is -2.30. The molecule has 0 atom stereocenters. The summed E-state index contributed by atoms with van der Waals surface area (Å²) in [5.41, 5.74) is 8.14. The highest BCUT2D eigenvalue weighted by Crippen LogP contribution is 2.37. The predicted octanol–water partition coefficient (Wildman–Crippen LogP) is 1.62. The average Bonchev–Trinajstić information content (AvgIpc) is 3.42. The maximum absolute atomic E-state index is 13.2. The largest absolute Gasteiger partial charge is 0.370 e. The van der Waals surface area contributed by atoms with Crippen LogP contribution in [0.5, 0.6) is 0 Å². The Kier molecular flexibility index (Phi) is 5.13. The normalized spacial score (nSPS) is 16.6. The zero-order valence-corrected chi connectivity index (χ0v) is 15.7. The van der Waals surface area contributed by atoms with Gasteiger partial charge in [0.2, 0.25) is 11.8 Å². The number of rotatable bonds is 7. The van der Waals surface area contributed by atoms with Crippen molar-refractivity contribution in [3.05, 3.63) is 47.8 Å². The van der Waals surface area contributed by atoms with E-state index in [0.717, 1.165) is 18.7 Å². The summed E-state index contributed by atoms with van der Waals surface area (Å²) in [5, 5.41) is 0. The van der Waals surface area contributed by atoms with Gasteiger partial charge in [0.05, 0.1) is 18.6 Å². The van der Waals surface area contributed by atoms with Crippen molar-refractivity contribution in [1.29, 1.82) is 0 Å². The maximum Gasteiger partial charge on any atom is 0.241 e. The highest BCUT2D eigenvalue weighted by molar-refractivity contribution is 5.95. The van der Waals surface area contributed by atoms with Gasteiger partial charge in [0.25, 0.3) is 0 Å². The van der Waals surface area contributed by atoms with E-state index in [0.29, 0.717) is 18.3 Å². The molecule has 0 saturated heterocycles. The standard InChI is InChI=1S/C20H24FN5O2/c21-14-1-3-15(4-2-14)25(10-8-19(22)27)20(28)12-24-9-7-18-17(11-24)23-13-26(18)16-5-6-16/h1-4,13,16H,5-12H2,(H2,22,27). The number of hydrogen-bond acceptors (Lipinski definition) is 4. The molecule has 7 nitrogen and oxygen atoms in total. The number of imidazole rings is 1. The Bertz CT molecular complexity index is 875. The van der Waals surface area contributed by atoms with Crippen LogP contribution in [0.25, 0.3) is 0 Å². The fourth-order valence-electron chi connectivity index (χ4n) is 3.71. The summed E-state index contributed by atoms with van der Waals surface area (Å²) in [6, 6.07) is 6.29. The third-order valence-corrected chi connectivity index (χ3v) is 5.34. The molecule has 2 amide bonds. The molecule has 4 rings (SSSR count). The molecule has 1 aliphatic heterocycles. The van der Waals surface area contributed by atoms with E-state index in [4.69, 9.17) is 5.73 Å². The molecule has 0 unspecified atom stereocenters. The van der Waals surface area contributed by atoms with Crippen molar-refractivity contribution >= 4 is 17.5 Å². The Balaban J connectivity index is 1.44. The van der Waals surface area contributed by atoms with E-state index in [-0.39, 0.29) is 31.2 Å². The molecule has 2 N–H and O–H groups in total. The van der Waals surface area contributed by atoms with Crippen molar-refractivity contribution in [2.45, 2.75) is 38.3 Å². The van der Waals surface area contributed by atoms with Gasteiger partial charge in [-0.3, -0.25) is 14.5 Å². The van der Waals surface area contributed by atoms with E-state index in [1.807, 2.05) is 6.33 Å². The van der Waals surface area contributed by atoms with Crippen LogP contribution in [-0.4, -0.2) is 45.9 Å². The van der Waals surface area contributed by atoms with Gasteiger partial charge in [0, 0.05) is 49.9 Å². The van der Waals surface area contributed by atoms with E-state index in [1.54, 1.807) is 12.1 Å². The van der Waals surface area contributed by atoms with Crippen molar-refractivity contribution in [3.63, 3.8) is 0 Å². The Morgan fingerprint density at radius 2 is 2.00 bits per heavy atom. The second-order valence-electron chi connectivity index (χ2n) is 7.48. The Morgan fingerprint density at radius 1 is 1.25 bits per heavy atom. The molecule has 0 bridgehead atoms. The molecule has 1 aromatic carbocycles. The lowest BCUT2D eigenvalue weighted by molar-refractivity contribution is -0.120. The van der Waals surface area contributed by atoms with Crippen LogP contribution >= 0.6 is 0 Å². The van der Waals surface area contributed by atoms with E-state index >= 15 is 0 Å². The zero-order chi connectivity index (χ0) is 19.7. The predicted molar refractivity (Wildman–Crippen MR) is 102 cm³/mol. The van der Waals surface area contributed by atoms with Gasteiger partial charge < -0.3 is 15.2 Å². The first kappa shape index (κ1) is 18.6. The minimum absolute atomic E-state index is 0.0546. The minimum Gasteiger partial charge on any atom is -0.370 e. The second-order valence-corrected chi connectivity index (χ2v) is 7.48. The van der Waals surface area contributed by atoms with Crippen molar-refractivity contribution in [3.8, 4) is 0 Å². The highest BCUT2D eigenvalue weighted by atomic mass is 19.1. The molecule has 2 aromatic rings. The Hall–Kier alpha value is -2.74. The van der Waals surface area contributed by atoms with Gasteiger partial charge in [0.15, 0.2) is 0 Å². The van der Waals surface area contributed by atoms with Crippen LogP contribution in [-0.2, 0) is 22.6 Å².